The maximum Gasteiger partial charge on any atom is 0.189 e. The second-order valence-corrected chi connectivity index (χ2v) is 3.91. The van der Waals surface area contributed by atoms with Crippen molar-refractivity contribution in [3.63, 3.8) is 0 Å². The van der Waals surface area contributed by atoms with Gasteiger partial charge in [-0.15, -0.1) is 0 Å². The molecule has 0 saturated carbocycles. The lowest BCUT2D eigenvalue weighted by molar-refractivity contribution is 0.704. The van der Waals surface area contributed by atoms with Crippen LogP contribution in [0.4, 0.5) is 0 Å². The maximum absolute atomic E-state index is 11.6. The predicted molar refractivity (Wildman–Crippen MR) is 66.7 cm³/mol. The summed E-state index contributed by atoms with van der Waals surface area (Å²) in [4.78, 5) is 11.6. The average Bonchev–Trinajstić information content (AvgIpc) is 2.29. The molecule has 0 bridgehead atoms. The number of nitrogens with zero attached hydrogens (tertiary/aromatic N) is 1. The summed E-state index contributed by atoms with van der Waals surface area (Å²) in [6.45, 7) is 0.907. The summed E-state index contributed by atoms with van der Waals surface area (Å²) in [6.07, 6.45) is 2.87. The molecule has 0 aliphatic heterocycles. The summed E-state index contributed by atoms with van der Waals surface area (Å²) in [5.41, 5.74) is 1.10. The number of hydrogen-bond acceptors (Lipinski definition) is 2. The summed E-state index contributed by atoms with van der Waals surface area (Å²) in [5, 5.41) is 0.791. The zero-order chi connectivity index (χ0) is 10.7. The Morgan fingerprint density at radius 3 is 2.80 bits per heavy atom. The van der Waals surface area contributed by atoms with E-state index in [0.717, 1.165) is 29.6 Å². The monoisotopic (exact) mass is 219 g/mol. The standard InChI is InChI=1S/C12H13NOS/c14-12-6-8-13(7-3-9-15)11-5-2-1-4-10(11)12/h1-2,4-6,8,15H,3,7,9H2. The van der Waals surface area contributed by atoms with Gasteiger partial charge in [-0.3, -0.25) is 4.79 Å². The van der Waals surface area contributed by atoms with Crippen LogP contribution >= 0.6 is 12.6 Å². The van der Waals surface area contributed by atoms with Crippen molar-refractivity contribution in [1.82, 2.24) is 4.57 Å². The van der Waals surface area contributed by atoms with E-state index in [-0.39, 0.29) is 5.43 Å². The number of hydrogen-bond donors (Lipinski definition) is 1. The molecule has 0 unspecified atom stereocenters. The number of para-hydroxylation sites is 1. The van der Waals surface area contributed by atoms with Crippen LogP contribution in [0.15, 0.2) is 41.3 Å². The van der Waals surface area contributed by atoms with Crippen molar-refractivity contribution in [2.45, 2.75) is 13.0 Å². The van der Waals surface area contributed by atoms with E-state index in [0.29, 0.717) is 0 Å². The van der Waals surface area contributed by atoms with Gasteiger partial charge in [-0.25, -0.2) is 0 Å². The molecule has 1 heterocycles. The smallest absolute Gasteiger partial charge is 0.189 e. The van der Waals surface area contributed by atoms with E-state index < -0.39 is 0 Å². The first-order valence-electron chi connectivity index (χ1n) is 5.02. The number of thiol groups is 1. The highest BCUT2D eigenvalue weighted by atomic mass is 32.1. The lowest BCUT2D eigenvalue weighted by atomic mass is 10.2. The van der Waals surface area contributed by atoms with Crippen LogP contribution < -0.4 is 5.43 Å². The van der Waals surface area contributed by atoms with Crippen molar-refractivity contribution in [3.05, 3.63) is 46.8 Å². The minimum absolute atomic E-state index is 0.0905. The first kappa shape index (κ1) is 10.3. The summed E-state index contributed by atoms with van der Waals surface area (Å²) in [5.74, 6) is 0.862. The maximum atomic E-state index is 11.6. The van der Waals surface area contributed by atoms with Gasteiger partial charge in [-0.1, -0.05) is 12.1 Å². The van der Waals surface area contributed by atoms with E-state index in [1.165, 1.54) is 0 Å². The van der Waals surface area contributed by atoms with Crippen LogP contribution in [-0.4, -0.2) is 10.3 Å². The van der Waals surface area contributed by atoms with Crippen molar-refractivity contribution in [2.24, 2.45) is 0 Å². The lowest BCUT2D eigenvalue weighted by Gasteiger charge is -2.09. The van der Waals surface area contributed by atoms with E-state index in [9.17, 15) is 4.79 Å². The second kappa shape index (κ2) is 4.53. The van der Waals surface area contributed by atoms with Crippen molar-refractivity contribution in [2.75, 3.05) is 5.75 Å². The highest BCUT2D eigenvalue weighted by Gasteiger charge is 2.00. The molecule has 0 atom stereocenters. The van der Waals surface area contributed by atoms with E-state index in [2.05, 4.69) is 17.2 Å². The van der Waals surface area contributed by atoms with Gasteiger partial charge in [0.25, 0.3) is 0 Å². The molecule has 15 heavy (non-hydrogen) atoms. The Hall–Kier alpha value is -1.22. The molecule has 2 aromatic rings. The van der Waals surface area contributed by atoms with Gasteiger partial charge < -0.3 is 4.57 Å². The Morgan fingerprint density at radius 1 is 1.20 bits per heavy atom. The molecule has 0 amide bonds. The Labute approximate surface area is 94.0 Å². The number of fused-ring (bicyclic) bond motifs is 1. The van der Waals surface area contributed by atoms with E-state index in [1.54, 1.807) is 6.07 Å². The van der Waals surface area contributed by atoms with Gasteiger partial charge in [0.15, 0.2) is 5.43 Å². The molecule has 0 aliphatic carbocycles. The van der Waals surface area contributed by atoms with Gasteiger partial charge in [0.2, 0.25) is 0 Å². The third kappa shape index (κ3) is 2.07. The zero-order valence-corrected chi connectivity index (χ0v) is 9.28. The number of benzene rings is 1. The average molecular weight is 219 g/mol. The molecule has 0 saturated heterocycles. The lowest BCUT2D eigenvalue weighted by Crippen LogP contribution is -2.08. The molecule has 0 N–H and O–H groups in total. The van der Waals surface area contributed by atoms with Gasteiger partial charge >= 0.3 is 0 Å². The molecule has 78 valence electrons. The quantitative estimate of drug-likeness (QED) is 0.786. The highest BCUT2D eigenvalue weighted by molar-refractivity contribution is 7.80. The first-order chi connectivity index (χ1) is 7.33. The molecule has 3 heteroatoms. The Balaban J connectivity index is 2.56. The third-order valence-corrected chi connectivity index (χ3v) is 2.76. The topological polar surface area (TPSA) is 22.0 Å². The first-order valence-corrected chi connectivity index (χ1v) is 5.65. The van der Waals surface area contributed by atoms with Gasteiger partial charge in [-0.2, -0.15) is 12.6 Å². The largest absolute Gasteiger partial charge is 0.347 e. The Kier molecular flexibility index (Phi) is 3.11. The molecule has 1 aromatic heterocycles. The Bertz CT molecular complexity index is 518. The SMILES string of the molecule is O=c1ccn(CCCS)c2ccccc12. The highest BCUT2D eigenvalue weighted by Crippen LogP contribution is 2.09. The van der Waals surface area contributed by atoms with Gasteiger partial charge in [0.1, 0.15) is 0 Å². The van der Waals surface area contributed by atoms with Gasteiger partial charge in [0.05, 0.1) is 5.52 Å². The van der Waals surface area contributed by atoms with Crippen LogP contribution in [0.2, 0.25) is 0 Å². The van der Waals surface area contributed by atoms with Crippen molar-refractivity contribution in [3.8, 4) is 0 Å². The summed E-state index contributed by atoms with van der Waals surface area (Å²) >= 11 is 4.19. The van der Waals surface area contributed by atoms with Crippen LogP contribution in [0.3, 0.4) is 0 Å². The fraction of sp³-hybridized carbons (Fsp3) is 0.250. The normalized spacial score (nSPS) is 10.7. The van der Waals surface area contributed by atoms with Gasteiger partial charge in [0, 0.05) is 24.2 Å². The fourth-order valence-corrected chi connectivity index (χ4v) is 1.84. The number of aryl methyl sites for hydroxylation is 1. The number of pyridine rings is 1. The van der Waals surface area contributed by atoms with Crippen LogP contribution in [-0.2, 0) is 6.54 Å². The Morgan fingerprint density at radius 2 is 2.00 bits per heavy atom. The minimum atomic E-state index is 0.0905. The summed E-state index contributed by atoms with van der Waals surface area (Å²) < 4.78 is 2.10. The zero-order valence-electron chi connectivity index (χ0n) is 8.39. The summed E-state index contributed by atoms with van der Waals surface area (Å²) in [7, 11) is 0. The number of aromatic nitrogens is 1. The van der Waals surface area contributed by atoms with Crippen molar-refractivity contribution >= 4 is 23.5 Å². The second-order valence-electron chi connectivity index (χ2n) is 3.47. The molecule has 2 nitrogen and oxygen atoms in total. The van der Waals surface area contributed by atoms with Crippen LogP contribution in [0.5, 0.6) is 0 Å². The number of rotatable bonds is 3. The van der Waals surface area contributed by atoms with E-state index >= 15 is 0 Å². The van der Waals surface area contributed by atoms with Crippen LogP contribution in [0, 0.1) is 0 Å². The predicted octanol–water partition coefficient (Wildman–Crippen LogP) is 2.32. The molecular weight excluding hydrogens is 206 g/mol. The van der Waals surface area contributed by atoms with Crippen molar-refractivity contribution in [1.29, 1.82) is 0 Å². The van der Waals surface area contributed by atoms with E-state index in [4.69, 9.17) is 0 Å². The fourth-order valence-electron chi connectivity index (χ4n) is 1.70. The van der Waals surface area contributed by atoms with Crippen molar-refractivity contribution < 1.29 is 0 Å². The summed E-state index contributed by atoms with van der Waals surface area (Å²) in [6, 6.07) is 9.33. The molecule has 0 radical (unpaired) electrons. The molecule has 0 spiro atoms. The molecule has 2 rings (SSSR count). The minimum Gasteiger partial charge on any atom is -0.347 e. The van der Waals surface area contributed by atoms with Crippen LogP contribution in [0.1, 0.15) is 6.42 Å². The van der Waals surface area contributed by atoms with Crippen LogP contribution in [0.25, 0.3) is 10.9 Å². The molecule has 1 aromatic carbocycles. The molecular formula is C12H13NOS. The molecule has 0 aliphatic rings. The third-order valence-electron chi connectivity index (χ3n) is 2.44. The van der Waals surface area contributed by atoms with Gasteiger partial charge in [-0.05, 0) is 24.3 Å². The molecule has 0 fully saturated rings. The van der Waals surface area contributed by atoms with E-state index in [1.807, 2.05) is 30.5 Å².